The van der Waals surface area contributed by atoms with E-state index in [0.717, 1.165) is 5.56 Å². The van der Waals surface area contributed by atoms with Gasteiger partial charge in [0.25, 0.3) is 5.56 Å². The molecule has 0 saturated heterocycles. The van der Waals surface area contributed by atoms with Gasteiger partial charge in [0.2, 0.25) is 0 Å². The molecule has 0 bridgehead atoms. The van der Waals surface area contributed by atoms with Gasteiger partial charge in [-0.1, -0.05) is 48.5 Å². The Morgan fingerprint density at radius 1 is 0.882 bits per heavy atom. The monoisotopic (exact) mass is 456 g/mol. The van der Waals surface area contributed by atoms with Crippen molar-refractivity contribution >= 4 is 11.2 Å². The van der Waals surface area contributed by atoms with Crippen molar-refractivity contribution in [1.82, 2.24) is 18.7 Å². The topological polar surface area (TPSA) is 71.1 Å². The number of hydrogen-bond acceptors (Lipinski definition) is 4. The summed E-state index contributed by atoms with van der Waals surface area (Å²) in [6, 6.07) is 22.5. The van der Waals surface area contributed by atoms with Gasteiger partial charge in [-0.2, -0.15) is 0 Å². The van der Waals surface area contributed by atoms with Crippen molar-refractivity contribution in [2.75, 3.05) is 7.11 Å². The molecule has 5 rings (SSSR count). The zero-order chi connectivity index (χ0) is 23.7. The minimum atomic E-state index is -0.509. The van der Waals surface area contributed by atoms with Crippen LogP contribution in [0.1, 0.15) is 11.1 Å². The van der Waals surface area contributed by atoms with Crippen molar-refractivity contribution < 1.29 is 9.13 Å². The van der Waals surface area contributed by atoms with Gasteiger partial charge in [-0.3, -0.25) is 9.36 Å². The molecule has 0 aliphatic rings. The fourth-order valence-corrected chi connectivity index (χ4v) is 4.02. The molecule has 0 saturated carbocycles. The molecule has 2 heterocycles. The number of nitrogens with zero attached hydrogens (tertiary/aromatic N) is 4. The van der Waals surface area contributed by atoms with Crippen LogP contribution in [-0.4, -0.2) is 25.8 Å². The standard InChI is InChI=1S/C26H21FN4O3/c1-34-22-12-6-11-21(14-22)31-24-23(29(17-28-24)15-19-9-5-10-20(27)13-19)25(32)30(26(31)33)16-18-7-3-2-4-8-18/h2-14,17H,15-16H2,1H3. The molecular formula is C26H21FN4O3. The number of aromatic nitrogens is 4. The summed E-state index contributed by atoms with van der Waals surface area (Å²) in [4.78, 5) is 31.6. The summed E-state index contributed by atoms with van der Waals surface area (Å²) in [5.74, 6) is 0.203. The van der Waals surface area contributed by atoms with Crippen LogP contribution in [0.25, 0.3) is 16.9 Å². The Labute approximate surface area is 193 Å². The molecule has 0 amide bonds. The van der Waals surface area contributed by atoms with Gasteiger partial charge < -0.3 is 9.30 Å². The van der Waals surface area contributed by atoms with E-state index in [1.165, 1.54) is 27.6 Å². The zero-order valence-corrected chi connectivity index (χ0v) is 18.4. The highest BCUT2D eigenvalue weighted by atomic mass is 19.1. The van der Waals surface area contributed by atoms with Crippen LogP contribution < -0.4 is 16.0 Å². The van der Waals surface area contributed by atoms with E-state index in [2.05, 4.69) is 4.98 Å². The maximum absolute atomic E-state index is 13.8. The van der Waals surface area contributed by atoms with Gasteiger partial charge in [-0.25, -0.2) is 18.7 Å². The molecule has 0 aliphatic heterocycles. The maximum Gasteiger partial charge on any atom is 0.337 e. The molecule has 7 nitrogen and oxygen atoms in total. The van der Waals surface area contributed by atoms with Crippen molar-refractivity contribution in [3.63, 3.8) is 0 Å². The summed E-state index contributed by atoms with van der Waals surface area (Å²) in [5, 5.41) is 0. The molecule has 34 heavy (non-hydrogen) atoms. The van der Waals surface area contributed by atoms with Crippen molar-refractivity contribution in [2.24, 2.45) is 0 Å². The van der Waals surface area contributed by atoms with Crippen LogP contribution >= 0.6 is 0 Å². The molecular weight excluding hydrogens is 435 g/mol. The summed E-state index contributed by atoms with van der Waals surface area (Å²) in [6.45, 7) is 0.328. The van der Waals surface area contributed by atoms with Crippen LogP contribution in [0.5, 0.6) is 5.75 Å². The molecule has 5 aromatic rings. The minimum absolute atomic E-state index is 0.101. The number of benzene rings is 3. The highest BCUT2D eigenvalue weighted by molar-refractivity contribution is 5.72. The van der Waals surface area contributed by atoms with E-state index in [9.17, 15) is 14.0 Å². The Hall–Kier alpha value is -4.46. The smallest absolute Gasteiger partial charge is 0.337 e. The predicted molar refractivity (Wildman–Crippen MR) is 127 cm³/mol. The fraction of sp³-hybridized carbons (Fsp3) is 0.115. The molecule has 170 valence electrons. The fourth-order valence-electron chi connectivity index (χ4n) is 4.02. The number of hydrogen-bond donors (Lipinski definition) is 0. The summed E-state index contributed by atoms with van der Waals surface area (Å²) < 4.78 is 23.3. The van der Waals surface area contributed by atoms with E-state index in [1.807, 2.05) is 30.3 Å². The van der Waals surface area contributed by atoms with Crippen LogP contribution in [-0.2, 0) is 13.1 Å². The van der Waals surface area contributed by atoms with Crippen LogP contribution in [0.3, 0.4) is 0 Å². The Balaban J connectivity index is 1.76. The summed E-state index contributed by atoms with van der Waals surface area (Å²) in [7, 11) is 1.54. The minimum Gasteiger partial charge on any atom is -0.497 e. The third-order valence-corrected chi connectivity index (χ3v) is 5.64. The number of fused-ring (bicyclic) bond motifs is 1. The lowest BCUT2D eigenvalue weighted by Gasteiger charge is -2.13. The van der Waals surface area contributed by atoms with Gasteiger partial charge >= 0.3 is 5.69 Å². The molecule has 0 atom stereocenters. The van der Waals surface area contributed by atoms with Crippen LogP contribution in [0.15, 0.2) is 94.8 Å². The largest absolute Gasteiger partial charge is 0.497 e. The lowest BCUT2D eigenvalue weighted by atomic mass is 10.2. The summed E-state index contributed by atoms with van der Waals surface area (Å²) in [6.07, 6.45) is 1.50. The van der Waals surface area contributed by atoms with Gasteiger partial charge in [0.05, 0.1) is 25.7 Å². The molecule has 8 heteroatoms. The second-order valence-electron chi connectivity index (χ2n) is 7.87. The number of halogens is 1. The molecule has 2 aromatic heterocycles. The second-order valence-corrected chi connectivity index (χ2v) is 7.87. The lowest BCUT2D eigenvalue weighted by molar-refractivity contribution is 0.414. The Bertz CT molecular complexity index is 1600. The molecule has 0 spiro atoms. The lowest BCUT2D eigenvalue weighted by Crippen LogP contribution is -2.40. The average Bonchev–Trinajstić information content (AvgIpc) is 3.26. The second kappa shape index (κ2) is 8.82. The Morgan fingerprint density at radius 3 is 2.41 bits per heavy atom. The van der Waals surface area contributed by atoms with E-state index >= 15 is 0 Å². The summed E-state index contributed by atoms with van der Waals surface area (Å²) >= 11 is 0. The van der Waals surface area contributed by atoms with Crippen molar-refractivity contribution in [2.45, 2.75) is 13.1 Å². The van der Waals surface area contributed by atoms with Crippen LogP contribution in [0.2, 0.25) is 0 Å². The number of rotatable bonds is 6. The van der Waals surface area contributed by atoms with E-state index in [-0.39, 0.29) is 30.1 Å². The van der Waals surface area contributed by atoms with E-state index in [0.29, 0.717) is 17.0 Å². The molecule has 0 N–H and O–H groups in total. The van der Waals surface area contributed by atoms with E-state index in [1.54, 1.807) is 48.1 Å². The highest BCUT2D eigenvalue weighted by Gasteiger charge is 2.20. The Kier molecular flexibility index (Phi) is 5.55. The van der Waals surface area contributed by atoms with Crippen LogP contribution in [0.4, 0.5) is 4.39 Å². The maximum atomic E-state index is 13.8. The Morgan fingerprint density at radius 2 is 1.65 bits per heavy atom. The highest BCUT2D eigenvalue weighted by Crippen LogP contribution is 2.19. The molecule has 0 aliphatic carbocycles. The van der Waals surface area contributed by atoms with Crippen molar-refractivity contribution in [1.29, 1.82) is 0 Å². The van der Waals surface area contributed by atoms with Gasteiger partial charge in [0.1, 0.15) is 11.6 Å². The number of ether oxygens (including phenoxy) is 1. The third-order valence-electron chi connectivity index (χ3n) is 5.64. The first-order chi connectivity index (χ1) is 16.5. The molecule has 0 unspecified atom stereocenters. The predicted octanol–water partition coefficient (Wildman–Crippen LogP) is 3.59. The zero-order valence-electron chi connectivity index (χ0n) is 18.4. The number of imidazole rings is 1. The first-order valence-electron chi connectivity index (χ1n) is 10.7. The van der Waals surface area contributed by atoms with Gasteiger partial charge in [0, 0.05) is 12.6 Å². The molecule has 0 fully saturated rings. The van der Waals surface area contributed by atoms with Gasteiger partial charge in [-0.05, 0) is 35.4 Å². The van der Waals surface area contributed by atoms with Crippen molar-refractivity contribution in [3.8, 4) is 11.4 Å². The van der Waals surface area contributed by atoms with Crippen molar-refractivity contribution in [3.05, 3.63) is 123 Å². The van der Waals surface area contributed by atoms with Gasteiger partial charge in [0.15, 0.2) is 11.2 Å². The molecule has 0 radical (unpaired) electrons. The SMILES string of the molecule is COc1cccc(-n2c(=O)n(Cc3ccccc3)c(=O)c3c2ncn3Cc2cccc(F)c2)c1. The van der Waals surface area contributed by atoms with Crippen LogP contribution in [0, 0.1) is 5.82 Å². The number of methoxy groups -OCH3 is 1. The van der Waals surface area contributed by atoms with E-state index < -0.39 is 11.2 Å². The quantitative estimate of drug-likeness (QED) is 0.392. The molecule has 3 aromatic carbocycles. The normalized spacial score (nSPS) is 11.1. The summed E-state index contributed by atoms with van der Waals surface area (Å²) in [5.41, 5.74) is 1.52. The first kappa shape index (κ1) is 21.4. The third kappa shape index (κ3) is 3.90. The first-order valence-corrected chi connectivity index (χ1v) is 10.7. The van der Waals surface area contributed by atoms with E-state index in [4.69, 9.17) is 4.74 Å². The van der Waals surface area contributed by atoms with Gasteiger partial charge in [-0.15, -0.1) is 0 Å². The average molecular weight is 456 g/mol.